The van der Waals surface area contributed by atoms with Crippen LogP contribution in [-0.4, -0.2) is 56.6 Å². The number of aliphatic carboxylic acids is 1. The second-order valence-corrected chi connectivity index (χ2v) is 12.5. The zero-order valence-electron chi connectivity index (χ0n) is 18.8. The number of unbranched alkanes of at least 4 members (excludes halogenated alkanes) is 2. The molecule has 4 aromatic rings. The number of ether oxygens (including phenoxy) is 1. The summed E-state index contributed by atoms with van der Waals surface area (Å²) >= 11 is 0. The Morgan fingerprint density at radius 2 is 1.08 bits per heavy atom. The van der Waals surface area contributed by atoms with Gasteiger partial charge in [0, 0.05) is 44.8 Å². The Labute approximate surface area is 211 Å². The third-order valence-corrected chi connectivity index (χ3v) is 8.55. The molecule has 0 spiro atoms. The van der Waals surface area contributed by atoms with Gasteiger partial charge in [-0.1, -0.05) is 18.2 Å². The lowest BCUT2D eigenvalue weighted by molar-refractivity contribution is -0.137. The van der Waals surface area contributed by atoms with E-state index in [0.29, 0.717) is 25.3 Å². The summed E-state index contributed by atoms with van der Waals surface area (Å²) in [7, 11) is -14.9. The van der Waals surface area contributed by atoms with Crippen LogP contribution in [-0.2, 0) is 35.1 Å². The Morgan fingerprint density at radius 1 is 0.649 bits per heavy atom. The zero-order chi connectivity index (χ0) is 27.3. The van der Waals surface area contributed by atoms with Crippen LogP contribution in [0.3, 0.4) is 0 Å². The van der Waals surface area contributed by atoms with E-state index in [1.807, 2.05) is 0 Å². The summed E-state index contributed by atoms with van der Waals surface area (Å²) in [5, 5.41) is 8.48. The van der Waals surface area contributed by atoms with Crippen LogP contribution in [0, 0.1) is 0 Å². The molecule has 0 bridgehead atoms. The molecule has 0 saturated heterocycles. The molecule has 198 valence electrons. The maximum Gasteiger partial charge on any atom is 0.303 e. The van der Waals surface area contributed by atoms with Crippen LogP contribution in [0.25, 0.3) is 32.3 Å². The van der Waals surface area contributed by atoms with E-state index in [1.54, 1.807) is 0 Å². The molecule has 0 aromatic heterocycles. The smallest absolute Gasteiger partial charge is 0.303 e. The van der Waals surface area contributed by atoms with Crippen molar-refractivity contribution in [1.29, 1.82) is 0 Å². The summed E-state index contributed by atoms with van der Waals surface area (Å²) < 4.78 is 108. The van der Waals surface area contributed by atoms with Crippen LogP contribution in [0.1, 0.15) is 25.7 Å². The number of carboxylic acids is 1. The number of hydrogen-bond acceptors (Lipinski definition) is 8. The summed E-state index contributed by atoms with van der Waals surface area (Å²) in [6.07, 6.45) is 1.27. The molecule has 0 aliphatic carbocycles. The van der Waals surface area contributed by atoms with Gasteiger partial charge in [-0.3, -0.25) is 18.5 Å². The molecule has 0 aliphatic heterocycles. The number of carboxylic acid groups (broad SMARTS) is 1. The Bertz CT molecular complexity index is 1820. The van der Waals surface area contributed by atoms with Gasteiger partial charge in [0.15, 0.2) is 0 Å². The van der Waals surface area contributed by atoms with E-state index in [1.165, 1.54) is 18.2 Å². The minimum atomic E-state index is -5.00. The van der Waals surface area contributed by atoms with Crippen molar-refractivity contribution in [2.75, 3.05) is 6.61 Å². The van der Waals surface area contributed by atoms with Gasteiger partial charge >= 0.3 is 5.97 Å². The molecule has 0 radical (unpaired) electrons. The molecule has 0 heterocycles. The van der Waals surface area contributed by atoms with E-state index in [9.17, 15) is 43.7 Å². The second-order valence-electron chi connectivity index (χ2n) is 8.30. The first kappa shape index (κ1) is 27.0. The summed E-state index contributed by atoms with van der Waals surface area (Å²) in [4.78, 5) is 8.39. The molecule has 0 unspecified atom stereocenters. The van der Waals surface area contributed by atoms with Crippen LogP contribution in [0.15, 0.2) is 51.1 Å². The van der Waals surface area contributed by atoms with Gasteiger partial charge in [-0.2, -0.15) is 25.3 Å². The van der Waals surface area contributed by atoms with Crippen molar-refractivity contribution < 1.29 is 53.5 Å². The number of hydrogen-bond donors (Lipinski definition) is 4. The van der Waals surface area contributed by atoms with Crippen LogP contribution < -0.4 is 4.74 Å². The van der Waals surface area contributed by atoms with Crippen molar-refractivity contribution in [2.45, 2.75) is 40.4 Å². The van der Waals surface area contributed by atoms with Crippen molar-refractivity contribution in [2.24, 2.45) is 0 Å². The first-order chi connectivity index (χ1) is 17.1. The van der Waals surface area contributed by atoms with Gasteiger partial charge < -0.3 is 9.84 Å². The Morgan fingerprint density at radius 3 is 1.54 bits per heavy atom. The van der Waals surface area contributed by atoms with E-state index in [-0.39, 0.29) is 51.1 Å². The van der Waals surface area contributed by atoms with Gasteiger partial charge in [-0.25, -0.2) is 0 Å². The Kier molecular flexibility index (Phi) is 6.81. The molecule has 15 heteroatoms. The van der Waals surface area contributed by atoms with Gasteiger partial charge in [-0.05, 0) is 31.4 Å². The summed E-state index contributed by atoms with van der Waals surface area (Å²) in [5.41, 5.74) is 0. The lowest BCUT2D eigenvalue weighted by Crippen LogP contribution is -2.07. The van der Waals surface area contributed by atoms with E-state index < -0.39 is 51.0 Å². The molecule has 4 N–H and O–H groups in total. The van der Waals surface area contributed by atoms with Gasteiger partial charge in [0.1, 0.15) is 20.4 Å². The molecule has 0 fully saturated rings. The fraction of sp³-hybridized carbons (Fsp3) is 0.227. The molecule has 0 atom stereocenters. The number of benzene rings is 4. The monoisotopic (exact) mass is 572 g/mol. The normalized spacial score (nSPS) is 13.1. The molecule has 0 amide bonds. The molecule has 0 saturated carbocycles. The lowest BCUT2D eigenvalue weighted by Gasteiger charge is -2.19. The van der Waals surface area contributed by atoms with Crippen LogP contribution in [0.5, 0.6) is 5.75 Å². The van der Waals surface area contributed by atoms with E-state index in [0.717, 1.165) is 12.1 Å². The van der Waals surface area contributed by atoms with Crippen molar-refractivity contribution >= 4 is 68.6 Å². The fourth-order valence-electron chi connectivity index (χ4n) is 4.36. The molecular weight excluding hydrogens is 552 g/mol. The SMILES string of the molecule is O=C(O)CCCCCOc1cc(S(=O)(=O)O)c2ccc3c(S(=O)(=O)O)cc(S(=O)(=O)O)c4ccc1c2c43. The van der Waals surface area contributed by atoms with Gasteiger partial charge in [0.2, 0.25) is 0 Å². The molecular formula is C22H20O12S3. The topological polar surface area (TPSA) is 210 Å². The molecule has 37 heavy (non-hydrogen) atoms. The fourth-order valence-corrected chi connectivity index (χ4v) is 6.57. The van der Waals surface area contributed by atoms with Crippen molar-refractivity contribution in [1.82, 2.24) is 0 Å². The maximum atomic E-state index is 12.2. The highest BCUT2D eigenvalue weighted by atomic mass is 32.2. The average Bonchev–Trinajstić information content (AvgIpc) is 2.77. The first-order valence-corrected chi connectivity index (χ1v) is 15.0. The average molecular weight is 573 g/mol. The third-order valence-electron chi connectivity index (χ3n) is 5.87. The highest BCUT2D eigenvalue weighted by molar-refractivity contribution is 7.87. The van der Waals surface area contributed by atoms with E-state index in [2.05, 4.69) is 0 Å². The van der Waals surface area contributed by atoms with Gasteiger partial charge in [-0.15, -0.1) is 0 Å². The van der Waals surface area contributed by atoms with Crippen LogP contribution in [0.2, 0.25) is 0 Å². The molecule has 0 aliphatic rings. The number of rotatable bonds is 10. The van der Waals surface area contributed by atoms with Crippen molar-refractivity contribution in [3.8, 4) is 5.75 Å². The van der Waals surface area contributed by atoms with E-state index >= 15 is 0 Å². The first-order valence-electron chi connectivity index (χ1n) is 10.7. The summed E-state index contributed by atoms with van der Waals surface area (Å²) in [6.45, 7) is 0.0427. The minimum absolute atomic E-state index is 0.0152. The Hall–Kier alpha value is -3.08. The van der Waals surface area contributed by atoms with Gasteiger partial charge in [0.05, 0.1) is 6.61 Å². The Balaban J connectivity index is 2.04. The standard InChI is InChI=1S/C22H20O12S3/c23-20(24)4-2-1-3-9-34-16-10-17(35(25,26)27)13-7-8-15-19(37(31,32)33)11-18(36(28,29)30)14-6-5-12(16)21(13)22(14)15/h5-8,10-11H,1-4,9H2,(H,23,24)(H,25,26,27)(H,28,29,30)(H,31,32,33). The molecule has 12 nitrogen and oxygen atoms in total. The lowest BCUT2D eigenvalue weighted by atomic mass is 9.93. The second kappa shape index (κ2) is 9.34. The third kappa shape index (κ3) is 5.18. The largest absolute Gasteiger partial charge is 0.493 e. The van der Waals surface area contributed by atoms with Crippen LogP contribution in [0.4, 0.5) is 0 Å². The van der Waals surface area contributed by atoms with Crippen molar-refractivity contribution in [3.63, 3.8) is 0 Å². The highest BCUT2D eigenvalue weighted by Crippen LogP contribution is 2.45. The minimum Gasteiger partial charge on any atom is -0.493 e. The quantitative estimate of drug-likeness (QED) is 0.122. The molecule has 4 rings (SSSR count). The van der Waals surface area contributed by atoms with E-state index in [4.69, 9.17) is 9.84 Å². The molecule has 4 aromatic carbocycles. The van der Waals surface area contributed by atoms with Crippen molar-refractivity contribution in [3.05, 3.63) is 36.4 Å². The summed E-state index contributed by atoms with van der Waals surface area (Å²) in [5.74, 6) is -0.975. The summed E-state index contributed by atoms with van der Waals surface area (Å²) in [6, 6.07) is 6.68. The zero-order valence-corrected chi connectivity index (χ0v) is 21.2. The predicted octanol–water partition coefficient (Wildman–Crippen LogP) is 3.35. The predicted molar refractivity (Wildman–Crippen MR) is 131 cm³/mol. The maximum absolute atomic E-state index is 12.2. The number of carbonyl (C=O) groups is 1. The highest BCUT2D eigenvalue weighted by Gasteiger charge is 2.28. The van der Waals surface area contributed by atoms with Gasteiger partial charge in [0.25, 0.3) is 30.4 Å². The van der Waals surface area contributed by atoms with Crippen LogP contribution >= 0.6 is 0 Å².